The van der Waals surface area contributed by atoms with Gasteiger partial charge in [0, 0.05) is 0 Å². The van der Waals surface area contributed by atoms with Crippen molar-refractivity contribution < 1.29 is 19.4 Å². The number of ether oxygens (including phenoxy) is 1. The van der Waals surface area contributed by atoms with E-state index < -0.39 is 23.8 Å². The SMILES string of the molecule is O=C(O)[C@H]1CC=CC[C@@H]1C(=O)OCc1ccc(Cl)c(Cl)c1. The smallest absolute Gasteiger partial charge is 0.310 e. The van der Waals surface area contributed by atoms with E-state index in [-0.39, 0.29) is 6.61 Å². The van der Waals surface area contributed by atoms with E-state index in [4.69, 9.17) is 33.0 Å². The lowest BCUT2D eigenvalue weighted by Crippen LogP contribution is -2.32. The monoisotopic (exact) mass is 328 g/mol. The van der Waals surface area contributed by atoms with Crippen LogP contribution in [0, 0.1) is 11.8 Å². The second-order valence-electron chi connectivity index (χ2n) is 4.85. The average Bonchev–Trinajstić information content (AvgIpc) is 2.48. The highest BCUT2D eigenvalue weighted by Crippen LogP contribution is 2.28. The Labute approximate surface area is 132 Å². The minimum atomic E-state index is -0.976. The summed E-state index contributed by atoms with van der Waals surface area (Å²) in [6.45, 7) is 0.0439. The summed E-state index contributed by atoms with van der Waals surface area (Å²) < 4.78 is 5.20. The van der Waals surface area contributed by atoms with E-state index in [2.05, 4.69) is 0 Å². The van der Waals surface area contributed by atoms with Crippen LogP contribution in [0.15, 0.2) is 30.4 Å². The fourth-order valence-corrected chi connectivity index (χ4v) is 2.56. The summed E-state index contributed by atoms with van der Waals surface area (Å²) in [6, 6.07) is 4.94. The van der Waals surface area contributed by atoms with Crippen LogP contribution in [0.4, 0.5) is 0 Å². The second kappa shape index (κ2) is 6.96. The Morgan fingerprint density at radius 3 is 2.43 bits per heavy atom. The van der Waals surface area contributed by atoms with E-state index in [0.29, 0.717) is 28.5 Å². The molecule has 0 aliphatic heterocycles. The van der Waals surface area contributed by atoms with E-state index >= 15 is 0 Å². The zero-order chi connectivity index (χ0) is 15.4. The van der Waals surface area contributed by atoms with Crippen molar-refractivity contribution >= 4 is 35.1 Å². The van der Waals surface area contributed by atoms with Gasteiger partial charge in [-0.15, -0.1) is 0 Å². The summed E-state index contributed by atoms with van der Waals surface area (Å²) in [4.78, 5) is 23.2. The van der Waals surface area contributed by atoms with Crippen LogP contribution in [0.3, 0.4) is 0 Å². The van der Waals surface area contributed by atoms with Gasteiger partial charge < -0.3 is 9.84 Å². The van der Waals surface area contributed by atoms with Gasteiger partial charge in [0.15, 0.2) is 0 Å². The average molecular weight is 329 g/mol. The first-order valence-electron chi connectivity index (χ1n) is 6.47. The van der Waals surface area contributed by atoms with Crippen molar-refractivity contribution in [1.29, 1.82) is 0 Å². The molecular weight excluding hydrogens is 315 g/mol. The number of carbonyl (C=O) groups is 2. The van der Waals surface area contributed by atoms with Crippen molar-refractivity contribution in [3.8, 4) is 0 Å². The first-order chi connectivity index (χ1) is 9.99. The molecule has 0 bridgehead atoms. The molecular formula is C15H14Cl2O4. The van der Waals surface area contributed by atoms with Gasteiger partial charge in [-0.05, 0) is 30.5 Å². The Bertz CT molecular complexity index is 583. The lowest BCUT2D eigenvalue weighted by Gasteiger charge is -2.23. The molecule has 1 aromatic carbocycles. The summed E-state index contributed by atoms with van der Waals surface area (Å²) >= 11 is 11.7. The molecule has 0 amide bonds. The molecule has 1 N–H and O–H groups in total. The normalized spacial score (nSPS) is 21.0. The molecule has 21 heavy (non-hydrogen) atoms. The van der Waals surface area contributed by atoms with Gasteiger partial charge >= 0.3 is 11.9 Å². The topological polar surface area (TPSA) is 63.6 Å². The second-order valence-corrected chi connectivity index (χ2v) is 5.66. The summed E-state index contributed by atoms with van der Waals surface area (Å²) in [5.74, 6) is -2.85. The molecule has 0 heterocycles. The molecule has 0 radical (unpaired) electrons. The minimum absolute atomic E-state index is 0.0439. The molecule has 112 valence electrons. The number of hydrogen-bond acceptors (Lipinski definition) is 3. The highest BCUT2D eigenvalue weighted by molar-refractivity contribution is 6.42. The zero-order valence-electron chi connectivity index (χ0n) is 11.1. The van der Waals surface area contributed by atoms with Gasteiger partial charge in [-0.1, -0.05) is 41.4 Å². The molecule has 0 fully saturated rings. The fourth-order valence-electron chi connectivity index (χ4n) is 2.24. The summed E-state index contributed by atoms with van der Waals surface area (Å²) in [6.07, 6.45) is 4.32. The Balaban J connectivity index is 1.99. The van der Waals surface area contributed by atoms with E-state index in [0.717, 1.165) is 0 Å². The summed E-state index contributed by atoms with van der Waals surface area (Å²) in [7, 11) is 0. The number of esters is 1. The molecule has 0 saturated heterocycles. The van der Waals surface area contributed by atoms with Crippen molar-refractivity contribution in [2.45, 2.75) is 19.4 Å². The Hall–Kier alpha value is -1.52. The molecule has 1 aliphatic rings. The maximum absolute atomic E-state index is 12.1. The summed E-state index contributed by atoms with van der Waals surface area (Å²) in [5, 5.41) is 9.95. The number of carbonyl (C=O) groups excluding carboxylic acids is 1. The van der Waals surface area contributed by atoms with E-state index in [1.807, 2.05) is 6.08 Å². The predicted octanol–water partition coefficient (Wildman–Crippen LogP) is 3.70. The van der Waals surface area contributed by atoms with Crippen LogP contribution in [-0.2, 0) is 20.9 Å². The van der Waals surface area contributed by atoms with Crippen LogP contribution in [0.5, 0.6) is 0 Å². The third kappa shape index (κ3) is 3.99. The number of benzene rings is 1. The number of carboxylic acids is 1. The molecule has 4 nitrogen and oxygen atoms in total. The lowest BCUT2D eigenvalue weighted by atomic mass is 9.83. The van der Waals surface area contributed by atoms with Crippen LogP contribution in [0.25, 0.3) is 0 Å². The van der Waals surface area contributed by atoms with Gasteiger partial charge in [0.2, 0.25) is 0 Å². The fraction of sp³-hybridized carbons (Fsp3) is 0.333. The lowest BCUT2D eigenvalue weighted by molar-refractivity contribution is -0.158. The number of halogens is 2. The Morgan fingerprint density at radius 2 is 1.81 bits per heavy atom. The van der Waals surface area contributed by atoms with E-state index in [9.17, 15) is 9.59 Å². The van der Waals surface area contributed by atoms with Crippen molar-refractivity contribution in [1.82, 2.24) is 0 Å². The third-order valence-corrected chi connectivity index (χ3v) is 4.16. The number of rotatable bonds is 4. The van der Waals surface area contributed by atoms with Crippen LogP contribution in [0.1, 0.15) is 18.4 Å². The Kier molecular flexibility index (Phi) is 5.26. The molecule has 0 saturated carbocycles. The van der Waals surface area contributed by atoms with Gasteiger partial charge in [-0.2, -0.15) is 0 Å². The van der Waals surface area contributed by atoms with Gasteiger partial charge in [0.25, 0.3) is 0 Å². The van der Waals surface area contributed by atoms with Crippen molar-refractivity contribution in [2.24, 2.45) is 11.8 Å². The van der Waals surface area contributed by atoms with Gasteiger partial charge in [0.05, 0.1) is 21.9 Å². The van der Waals surface area contributed by atoms with E-state index in [1.165, 1.54) is 0 Å². The highest BCUT2D eigenvalue weighted by Gasteiger charge is 2.35. The van der Waals surface area contributed by atoms with Gasteiger partial charge in [-0.3, -0.25) is 9.59 Å². The zero-order valence-corrected chi connectivity index (χ0v) is 12.6. The highest BCUT2D eigenvalue weighted by atomic mass is 35.5. The third-order valence-electron chi connectivity index (χ3n) is 3.42. The first-order valence-corrected chi connectivity index (χ1v) is 7.23. The molecule has 1 aromatic rings. The van der Waals surface area contributed by atoms with Crippen LogP contribution < -0.4 is 0 Å². The Morgan fingerprint density at radius 1 is 1.14 bits per heavy atom. The quantitative estimate of drug-likeness (QED) is 0.676. The number of carboxylic acid groups (broad SMARTS) is 1. The number of allylic oxidation sites excluding steroid dienone is 2. The number of aliphatic carboxylic acids is 1. The largest absolute Gasteiger partial charge is 0.481 e. The molecule has 2 atom stereocenters. The molecule has 0 spiro atoms. The summed E-state index contributed by atoms with van der Waals surface area (Å²) in [5.41, 5.74) is 0.705. The van der Waals surface area contributed by atoms with Crippen molar-refractivity contribution in [3.05, 3.63) is 46.0 Å². The molecule has 6 heteroatoms. The molecule has 0 aromatic heterocycles. The standard InChI is InChI=1S/C15H14Cl2O4/c16-12-6-5-9(7-13(12)17)8-21-15(20)11-4-2-1-3-10(11)14(18)19/h1-2,5-7,10-11H,3-4,8H2,(H,18,19)/t10-,11-/m0/s1. The van der Waals surface area contributed by atoms with E-state index in [1.54, 1.807) is 24.3 Å². The molecule has 1 aliphatic carbocycles. The molecule has 0 unspecified atom stereocenters. The van der Waals surface area contributed by atoms with Gasteiger partial charge in [-0.25, -0.2) is 0 Å². The maximum atomic E-state index is 12.1. The van der Waals surface area contributed by atoms with Gasteiger partial charge in [0.1, 0.15) is 6.61 Å². The van der Waals surface area contributed by atoms with Crippen LogP contribution >= 0.6 is 23.2 Å². The number of hydrogen-bond donors (Lipinski definition) is 1. The van der Waals surface area contributed by atoms with Crippen molar-refractivity contribution in [3.63, 3.8) is 0 Å². The van der Waals surface area contributed by atoms with Crippen molar-refractivity contribution in [2.75, 3.05) is 0 Å². The maximum Gasteiger partial charge on any atom is 0.310 e. The first kappa shape index (κ1) is 15.9. The molecule has 2 rings (SSSR count). The van der Waals surface area contributed by atoms with Crippen LogP contribution in [0.2, 0.25) is 10.0 Å². The predicted molar refractivity (Wildman–Crippen MR) is 79.2 cm³/mol. The van der Waals surface area contributed by atoms with Crippen LogP contribution in [-0.4, -0.2) is 17.0 Å². The minimum Gasteiger partial charge on any atom is -0.481 e.